The molecule has 2 rings (SSSR count). The summed E-state index contributed by atoms with van der Waals surface area (Å²) in [5, 5.41) is 6.72. The second-order valence-electron chi connectivity index (χ2n) is 7.88. The third kappa shape index (κ3) is 9.28. The van der Waals surface area contributed by atoms with Crippen LogP contribution in [0, 0.1) is 11.8 Å². The number of piperidine rings is 1. The molecule has 7 heteroatoms. The van der Waals surface area contributed by atoms with Crippen LogP contribution in [0.3, 0.4) is 0 Å². The summed E-state index contributed by atoms with van der Waals surface area (Å²) in [6.45, 7) is 7.98. The SMILES string of the molecule is CN=C(NCCCN1CCCC(C(N)=O)C1)NCC(C)COCc1ccccc1. The van der Waals surface area contributed by atoms with Gasteiger partial charge < -0.3 is 26.0 Å². The number of nitrogens with zero attached hydrogens (tertiary/aromatic N) is 2. The molecule has 29 heavy (non-hydrogen) atoms. The van der Waals surface area contributed by atoms with Crippen molar-refractivity contribution in [2.24, 2.45) is 22.6 Å². The van der Waals surface area contributed by atoms with Gasteiger partial charge in [0.2, 0.25) is 5.91 Å². The minimum Gasteiger partial charge on any atom is -0.376 e. The van der Waals surface area contributed by atoms with Gasteiger partial charge in [-0.1, -0.05) is 37.3 Å². The van der Waals surface area contributed by atoms with Crippen LogP contribution in [-0.2, 0) is 16.1 Å². The van der Waals surface area contributed by atoms with Gasteiger partial charge in [0.05, 0.1) is 19.1 Å². The molecule has 1 aromatic carbocycles. The van der Waals surface area contributed by atoms with E-state index in [0.29, 0.717) is 19.1 Å². The molecular formula is C22H37N5O2. The zero-order valence-electron chi connectivity index (χ0n) is 17.9. The fourth-order valence-corrected chi connectivity index (χ4v) is 3.50. The molecule has 0 aromatic heterocycles. The number of nitrogens with two attached hydrogens (primary N) is 1. The Morgan fingerprint density at radius 3 is 2.86 bits per heavy atom. The number of nitrogens with one attached hydrogen (secondary N) is 2. The van der Waals surface area contributed by atoms with Crippen LogP contribution < -0.4 is 16.4 Å². The third-order valence-corrected chi connectivity index (χ3v) is 5.21. The van der Waals surface area contributed by atoms with E-state index in [0.717, 1.165) is 57.9 Å². The molecule has 1 saturated heterocycles. The van der Waals surface area contributed by atoms with Gasteiger partial charge in [0.15, 0.2) is 5.96 Å². The molecule has 162 valence electrons. The number of carbonyl (C=O) groups excluding carboxylic acids is 1. The maximum Gasteiger partial charge on any atom is 0.221 e. The first-order chi connectivity index (χ1) is 14.1. The summed E-state index contributed by atoms with van der Waals surface area (Å²) >= 11 is 0. The number of benzene rings is 1. The number of ether oxygens (including phenoxy) is 1. The van der Waals surface area contributed by atoms with E-state index < -0.39 is 0 Å². The summed E-state index contributed by atoms with van der Waals surface area (Å²) in [6, 6.07) is 10.2. The van der Waals surface area contributed by atoms with Gasteiger partial charge in [0.25, 0.3) is 0 Å². The summed E-state index contributed by atoms with van der Waals surface area (Å²) < 4.78 is 5.80. The zero-order valence-corrected chi connectivity index (χ0v) is 17.9. The number of carbonyl (C=O) groups is 1. The van der Waals surface area contributed by atoms with E-state index in [4.69, 9.17) is 10.5 Å². The van der Waals surface area contributed by atoms with Gasteiger partial charge in [0, 0.05) is 26.7 Å². The normalized spacial score (nSPS) is 19.0. The van der Waals surface area contributed by atoms with Crippen LogP contribution in [0.2, 0.25) is 0 Å². The van der Waals surface area contributed by atoms with Gasteiger partial charge in [0.1, 0.15) is 0 Å². The molecule has 0 radical (unpaired) electrons. The Morgan fingerprint density at radius 1 is 1.34 bits per heavy atom. The highest BCUT2D eigenvalue weighted by atomic mass is 16.5. The second-order valence-corrected chi connectivity index (χ2v) is 7.88. The molecule has 0 aliphatic carbocycles. The summed E-state index contributed by atoms with van der Waals surface area (Å²) in [5.41, 5.74) is 6.64. The number of primary amides is 1. The molecule has 1 heterocycles. The van der Waals surface area contributed by atoms with E-state index in [1.54, 1.807) is 7.05 Å². The first-order valence-electron chi connectivity index (χ1n) is 10.7. The lowest BCUT2D eigenvalue weighted by Gasteiger charge is -2.31. The Labute approximate surface area is 175 Å². The molecule has 1 aromatic rings. The molecule has 2 unspecified atom stereocenters. The number of guanidine groups is 1. The summed E-state index contributed by atoms with van der Waals surface area (Å²) in [5.74, 6) is 1.04. The standard InChI is InChI=1S/C22H37N5O2/c1-18(16-29-17-19-8-4-3-5-9-19)14-26-22(24-2)25-11-7-13-27-12-6-10-20(15-27)21(23)28/h3-5,8-9,18,20H,6-7,10-17H2,1-2H3,(H2,23,28)(H2,24,25,26). The third-order valence-electron chi connectivity index (χ3n) is 5.21. The Bertz CT molecular complexity index is 623. The lowest BCUT2D eigenvalue weighted by atomic mass is 9.97. The fourth-order valence-electron chi connectivity index (χ4n) is 3.50. The first-order valence-corrected chi connectivity index (χ1v) is 10.7. The van der Waals surface area contributed by atoms with Crippen molar-refractivity contribution in [1.82, 2.24) is 15.5 Å². The summed E-state index contributed by atoms with van der Waals surface area (Å²) in [7, 11) is 1.79. The topological polar surface area (TPSA) is 92.0 Å². The average Bonchev–Trinajstić information content (AvgIpc) is 2.74. The number of hydrogen-bond donors (Lipinski definition) is 3. The maximum atomic E-state index is 11.4. The van der Waals surface area contributed by atoms with Crippen molar-refractivity contribution in [3.05, 3.63) is 35.9 Å². The van der Waals surface area contributed by atoms with E-state index in [1.165, 1.54) is 5.56 Å². The number of amides is 1. The molecule has 4 N–H and O–H groups in total. The smallest absolute Gasteiger partial charge is 0.221 e. The predicted molar refractivity (Wildman–Crippen MR) is 118 cm³/mol. The molecule has 0 saturated carbocycles. The van der Waals surface area contributed by atoms with Crippen molar-refractivity contribution < 1.29 is 9.53 Å². The quantitative estimate of drug-likeness (QED) is 0.296. The first kappa shape index (κ1) is 23.2. The van der Waals surface area contributed by atoms with Crippen LogP contribution in [0.5, 0.6) is 0 Å². The number of rotatable bonds is 11. The van der Waals surface area contributed by atoms with Crippen molar-refractivity contribution in [3.63, 3.8) is 0 Å². The van der Waals surface area contributed by atoms with E-state index in [1.807, 2.05) is 18.2 Å². The molecule has 1 amide bonds. The van der Waals surface area contributed by atoms with Crippen LogP contribution in [-0.4, -0.2) is 63.1 Å². The van der Waals surface area contributed by atoms with Gasteiger partial charge in [-0.2, -0.15) is 0 Å². The summed E-state index contributed by atoms with van der Waals surface area (Å²) in [6.07, 6.45) is 2.98. The molecule has 1 fully saturated rings. The van der Waals surface area contributed by atoms with Gasteiger partial charge in [-0.05, 0) is 43.8 Å². The highest BCUT2D eigenvalue weighted by Crippen LogP contribution is 2.15. The molecule has 1 aliphatic heterocycles. The van der Waals surface area contributed by atoms with Crippen LogP contribution in [0.15, 0.2) is 35.3 Å². The molecule has 1 aliphatic rings. The van der Waals surface area contributed by atoms with Gasteiger partial charge in [-0.25, -0.2) is 0 Å². The van der Waals surface area contributed by atoms with Gasteiger partial charge in [-0.3, -0.25) is 9.79 Å². The van der Waals surface area contributed by atoms with Crippen LogP contribution in [0.1, 0.15) is 31.7 Å². The number of hydrogen-bond acceptors (Lipinski definition) is 4. The van der Waals surface area contributed by atoms with E-state index in [-0.39, 0.29) is 11.8 Å². The van der Waals surface area contributed by atoms with Crippen LogP contribution >= 0.6 is 0 Å². The summed E-state index contributed by atoms with van der Waals surface area (Å²) in [4.78, 5) is 18.0. The maximum absolute atomic E-state index is 11.4. The Morgan fingerprint density at radius 2 is 2.14 bits per heavy atom. The largest absolute Gasteiger partial charge is 0.376 e. The Kier molecular flexibility index (Phi) is 10.5. The van der Waals surface area contributed by atoms with Crippen molar-refractivity contribution in [2.75, 3.05) is 46.4 Å². The minimum absolute atomic E-state index is 0.0109. The fraction of sp³-hybridized carbons (Fsp3) is 0.636. The monoisotopic (exact) mass is 403 g/mol. The van der Waals surface area contributed by atoms with Crippen molar-refractivity contribution in [2.45, 2.75) is 32.8 Å². The average molecular weight is 404 g/mol. The molecule has 0 spiro atoms. The molecule has 2 atom stereocenters. The van der Waals surface area contributed by atoms with Crippen molar-refractivity contribution in [3.8, 4) is 0 Å². The zero-order chi connectivity index (χ0) is 20.9. The number of aliphatic imine (C=N–C) groups is 1. The van der Waals surface area contributed by atoms with Gasteiger partial charge in [-0.15, -0.1) is 0 Å². The van der Waals surface area contributed by atoms with Crippen molar-refractivity contribution in [1.29, 1.82) is 0 Å². The molecule has 7 nitrogen and oxygen atoms in total. The highest BCUT2D eigenvalue weighted by molar-refractivity contribution is 5.79. The Hall–Kier alpha value is -2.12. The van der Waals surface area contributed by atoms with E-state index >= 15 is 0 Å². The Balaban J connectivity index is 1.54. The highest BCUT2D eigenvalue weighted by Gasteiger charge is 2.23. The lowest BCUT2D eigenvalue weighted by molar-refractivity contribution is -0.123. The molecule has 0 bridgehead atoms. The van der Waals surface area contributed by atoms with E-state index in [9.17, 15) is 4.79 Å². The predicted octanol–water partition coefficient (Wildman–Crippen LogP) is 1.59. The number of likely N-dealkylation sites (tertiary alicyclic amines) is 1. The second kappa shape index (κ2) is 13.2. The van der Waals surface area contributed by atoms with Crippen LogP contribution in [0.4, 0.5) is 0 Å². The molecular weight excluding hydrogens is 366 g/mol. The van der Waals surface area contributed by atoms with Gasteiger partial charge >= 0.3 is 0 Å². The lowest BCUT2D eigenvalue weighted by Crippen LogP contribution is -2.43. The van der Waals surface area contributed by atoms with Crippen molar-refractivity contribution >= 4 is 11.9 Å². The van der Waals surface area contributed by atoms with E-state index in [2.05, 4.69) is 39.6 Å². The van der Waals surface area contributed by atoms with Crippen LogP contribution in [0.25, 0.3) is 0 Å². The minimum atomic E-state index is -0.167.